The number of rotatable bonds is 18. The van der Waals surface area contributed by atoms with E-state index in [4.69, 9.17) is 10.2 Å². The second-order valence-corrected chi connectivity index (χ2v) is 5.59. The summed E-state index contributed by atoms with van der Waals surface area (Å²) in [6, 6.07) is 0. The first-order valence-electron chi connectivity index (χ1n) is 8.72. The Morgan fingerprint density at radius 1 is 0.636 bits per heavy atom. The minimum Gasteiger partial charge on any atom is -0.481 e. The molecule has 0 atom stereocenters. The number of aliphatic hydroxyl groups is 1. The van der Waals surface area contributed by atoms with Crippen LogP contribution in [-0.4, -0.2) is 62.1 Å². The molecule has 0 aromatic carbocycles. The summed E-state index contributed by atoms with van der Waals surface area (Å²) < 4.78 is 0. The predicted molar refractivity (Wildman–Crippen MR) is 90.3 cm³/mol. The summed E-state index contributed by atoms with van der Waals surface area (Å²) in [5.74, 6) is -0.684. The third-order valence-electron chi connectivity index (χ3n) is 3.44. The van der Waals surface area contributed by atoms with Gasteiger partial charge in [-0.05, 0) is 51.9 Å². The van der Waals surface area contributed by atoms with Gasteiger partial charge in [-0.1, -0.05) is 19.3 Å². The van der Waals surface area contributed by atoms with Gasteiger partial charge in [0.05, 0.1) is 0 Å². The van der Waals surface area contributed by atoms with Gasteiger partial charge in [0.2, 0.25) is 0 Å². The zero-order valence-corrected chi connectivity index (χ0v) is 13.9. The van der Waals surface area contributed by atoms with Crippen molar-refractivity contribution >= 4 is 5.97 Å². The van der Waals surface area contributed by atoms with Crippen LogP contribution < -0.4 is 16.0 Å². The van der Waals surface area contributed by atoms with E-state index in [1.807, 2.05) is 0 Å². The average Bonchev–Trinajstić information content (AvgIpc) is 2.50. The molecule has 0 amide bonds. The Kier molecular flexibility index (Phi) is 17.8. The minimum absolute atomic E-state index is 0.258. The molecule has 0 bridgehead atoms. The predicted octanol–water partition coefficient (Wildman–Crippen LogP) is 0.953. The van der Waals surface area contributed by atoms with Crippen molar-refractivity contribution < 1.29 is 15.0 Å². The van der Waals surface area contributed by atoms with Gasteiger partial charge >= 0.3 is 5.97 Å². The van der Waals surface area contributed by atoms with Crippen molar-refractivity contribution in [2.24, 2.45) is 0 Å². The SMILES string of the molecule is O=C(O)CCCCCCCNCCCNCCNCCCO. The van der Waals surface area contributed by atoms with Crippen molar-refractivity contribution in [2.75, 3.05) is 45.9 Å². The molecule has 6 nitrogen and oxygen atoms in total. The van der Waals surface area contributed by atoms with Crippen molar-refractivity contribution in [1.82, 2.24) is 16.0 Å². The lowest BCUT2D eigenvalue weighted by Gasteiger charge is -2.07. The van der Waals surface area contributed by atoms with Crippen LogP contribution in [0, 0.1) is 0 Å². The number of carboxylic acid groups (broad SMARTS) is 1. The first-order valence-corrected chi connectivity index (χ1v) is 8.72. The monoisotopic (exact) mass is 317 g/mol. The van der Waals surface area contributed by atoms with Crippen molar-refractivity contribution in [1.29, 1.82) is 0 Å². The normalized spacial score (nSPS) is 11.0. The molecular weight excluding hydrogens is 282 g/mol. The quantitative estimate of drug-likeness (QED) is 0.242. The first kappa shape index (κ1) is 21.3. The molecule has 6 heteroatoms. The molecule has 0 aliphatic heterocycles. The third-order valence-corrected chi connectivity index (χ3v) is 3.44. The van der Waals surface area contributed by atoms with E-state index in [-0.39, 0.29) is 6.61 Å². The fourth-order valence-electron chi connectivity index (χ4n) is 2.15. The van der Waals surface area contributed by atoms with E-state index in [1.54, 1.807) is 0 Å². The Morgan fingerprint density at radius 2 is 1.14 bits per heavy atom. The molecule has 0 rings (SSSR count). The maximum Gasteiger partial charge on any atom is 0.303 e. The molecule has 132 valence electrons. The summed E-state index contributed by atoms with van der Waals surface area (Å²) in [6.07, 6.45) is 7.60. The third kappa shape index (κ3) is 19.3. The molecule has 0 heterocycles. The molecular formula is C16H35N3O3. The second kappa shape index (κ2) is 18.4. The maximum absolute atomic E-state index is 10.3. The Hall–Kier alpha value is -0.690. The number of carboxylic acids is 1. The smallest absolute Gasteiger partial charge is 0.303 e. The van der Waals surface area contributed by atoms with E-state index < -0.39 is 5.97 Å². The van der Waals surface area contributed by atoms with Crippen LogP contribution in [0.3, 0.4) is 0 Å². The van der Waals surface area contributed by atoms with Crippen LogP contribution in [0.15, 0.2) is 0 Å². The summed E-state index contributed by atoms with van der Waals surface area (Å²) in [5.41, 5.74) is 0. The average molecular weight is 317 g/mol. The van der Waals surface area contributed by atoms with Crippen LogP contribution in [-0.2, 0) is 4.79 Å². The number of unbranched alkanes of at least 4 members (excludes halogenated alkanes) is 4. The van der Waals surface area contributed by atoms with E-state index in [1.165, 1.54) is 12.8 Å². The van der Waals surface area contributed by atoms with Gasteiger partial charge in [-0.2, -0.15) is 0 Å². The van der Waals surface area contributed by atoms with E-state index in [0.29, 0.717) is 6.42 Å². The molecule has 0 radical (unpaired) electrons. The highest BCUT2D eigenvalue weighted by Gasteiger charge is 1.96. The topological polar surface area (TPSA) is 93.6 Å². The number of carbonyl (C=O) groups is 1. The summed E-state index contributed by atoms with van der Waals surface area (Å²) in [7, 11) is 0. The largest absolute Gasteiger partial charge is 0.481 e. The number of hydrogen-bond donors (Lipinski definition) is 5. The maximum atomic E-state index is 10.3. The molecule has 0 unspecified atom stereocenters. The lowest BCUT2D eigenvalue weighted by atomic mass is 10.1. The molecule has 22 heavy (non-hydrogen) atoms. The molecule has 0 spiro atoms. The fourth-order valence-corrected chi connectivity index (χ4v) is 2.15. The molecule has 0 saturated carbocycles. The van der Waals surface area contributed by atoms with E-state index in [0.717, 1.165) is 71.4 Å². The summed E-state index contributed by atoms with van der Waals surface area (Å²) in [5, 5.41) is 27.2. The van der Waals surface area contributed by atoms with Crippen molar-refractivity contribution in [2.45, 2.75) is 51.4 Å². The van der Waals surface area contributed by atoms with Gasteiger partial charge in [0.25, 0.3) is 0 Å². The molecule has 5 N–H and O–H groups in total. The van der Waals surface area contributed by atoms with Crippen molar-refractivity contribution in [3.8, 4) is 0 Å². The van der Waals surface area contributed by atoms with Crippen LogP contribution in [0.2, 0.25) is 0 Å². The summed E-state index contributed by atoms with van der Waals surface area (Å²) in [6.45, 7) is 6.21. The van der Waals surface area contributed by atoms with Crippen molar-refractivity contribution in [3.05, 3.63) is 0 Å². The highest BCUT2D eigenvalue weighted by atomic mass is 16.4. The lowest BCUT2D eigenvalue weighted by molar-refractivity contribution is -0.137. The zero-order chi connectivity index (χ0) is 16.3. The highest BCUT2D eigenvalue weighted by Crippen LogP contribution is 2.04. The highest BCUT2D eigenvalue weighted by molar-refractivity contribution is 5.66. The van der Waals surface area contributed by atoms with Crippen molar-refractivity contribution in [3.63, 3.8) is 0 Å². The van der Waals surface area contributed by atoms with Gasteiger partial charge in [0, 0.05) is 26.1 Å². The first-order chi connectivity index (χ1) is 10.8. The van der Waals surface area contributed by atoms with Gasteiger partial charge in [0.15, 0.2) is 0 Å². The molecule has 0 saturated heterocycles. The number of aliphatic hydroxyl groups excluding tert-OH is 1. The van der Waals surface area contributed by atoms with Gasteiger partial charge in [-0.25, -0.2) is 0 Å². The van der Waals surface area contributed by atoms with Crippen LogP contribution in [0.4, 0.5) is 0 Å². The molecule has 0 fully saturated rings. The van der Waals surface area contributed by atoms with Gasteiger partial charge in [-0.3, -0.25) is 4.79 Å². The van der Waals surface area contributed by atoms with Crippen LogP contribution in [0.25, 0.3) is 0 Å². The van der Waals surface area contributed by atoms with Crippen LogP contribution in [0.5, 0.6) is 0 Å². The van der Waals surface area contributed by atoms with E-state index >= 15 is 0 Å². The Bertz CT molecular complexity index is 241. The minimum atomic E-state index is -0.684. The van der Waals surface area contributed by atoms with E-state index in [2.05, 4.69) is 16.0 Å². The number of nitrogens with one attached hydrogen (secondary N) is 3. The van der Waals surface area contributed by atoms with Gasteiger partial charge < -0.3 is 26.2 Å². The molecule has 0 aromatic heterocycles. The van der Waals surface area contributed by atoms with Crippen LogP contribution in [0.1, 0.15) is 51.4 Å². The van der Waals surface area contributed by atoms with E-state index in [9.17, 15) is 4.79 Å². The number of aliphatic carboxylic acids is 1. The summed E-state index contributed by atoms with van der Waals surface area (Å²) >= 11 is 0. The van der Waals surface area contributed by atoms with Gasteiger partial charge in [0.1, 0.15) is 0 Å². The molecule has 0 aliphatic rings. The summed E-state index contributed by atoms with van der Waals surface area (Å²) in [4.78, 5) is 10.3. The van der Waals surface area contributed by atoms with Crippen LogP contribution >= 0.6 is 0 Å². The fraction of sp³-hybridized carbons (Fsp3) is 0.938. The lowest BCUT2D eigenvalue weighted by Crippen LogP contribution is -2.30. The Labute approximate surface area is 135 Å². The van der Waals surface area contributed by atoms with Gasteiger partial charge in [-0.15, -0.1) is 0 Å². The molecule has 0 aromatic rings. The standard InChI is InChI=1S/C16H35N3O3/c20-15-7-12-19-14-13-18-11-6-10-17-9-5-3-1-2-4-8-16(21)22/h17-20H,1-15H2,(H,21,22). The zero-order valence-electron chi connectivity index (χ0n) is 13.9. The molecule has 0 aliphatic carbocycles. The Morgan fingerprint density at radius 3 is 1.77 bits per heavy atom. The number of hydrogen-bond acceptors (Lipinski definition) is 5. The second-order valence-electron chi connectivity index (χ2n) is 5.59. The Balaban J connectivity index is 2.95.